The van der Waals surface area contributed by atoms with E-state index in [1.165, 1.54) is 7.11 Å². The molecule has 0 bridgehead atoms. The Balaban J connectivity index is 1.89. The van der Waals surface area contributed by atoms with Crippen molar-refractivity contribution in [2.24, 2.45) is 10.3 Å². The molecule has 0 spiro atoms. The SMILES string of the molecule is CO/N=C(/C=O)c1cccc(C)c1CO/N=C1\CCc2c1cc(F)cc2C(F)(F)F. The third kappa shape index (κ3) is 4.34. The molecule has 0 atom stereocenters. The first-order chi connectivity index (χ1) is 14.3. The van der Waals surface area contributed by atoms with Gasteiger partial charge in [-0.2, -0.15) is 13.2 Å². The van der Waals surface area contributed by atoms with Gasteiger partial charge in [0.25, 0.3) is 0 Å². The van der Waals surface area contributed by atoms with Crippen LogP contribution in [0.25, 0.3) is 0 Å². The fraction of sp³-hybridized carbons (Fsp3) is 0.286. The van der Waals surface area contributed by atoms with Crippen LogP contribution >= 0.6 is 0 Å². The molecule has 3 rings (SSSR count). The Bertz CT molecular complexity index is 1030. The van der Waals surface area contributed by atoms with E-state index in [1.54, 1.807) is 25.1 Å². The molecule has 0 saturated heterocycles. The van der Waals surface area contributed by atoms with Crippen molar-refractivity contribution in [2.75, 3.05) is 7.11 Å². The maximum atomic E-state index is 13.8. The number of benzene rings is 2. The van der Waals surface area contributed by atoms with Gasteiger partial charge in [-0.25, -0.2) is 4.39 Å². The molecule has 2 aromatic rings. The lowest BCUT2D eigenvalue weighted by Crippen LogP contribution is -2.11. The van der Waals surface area contributed by atoms with Gasteiger partial charge >= 0.3 is 6.18 Å². The summed E-state index contributed by atoms with van der Waals surface area (Å²) < 4.78 is 53.4. The maximum absolute atomic E-state index is 13.8. The van der Waals surface area contributed by atoms with Gasteiger partial charge in [-0.3, -0.25) is 4.79 Å². The number of aldehydes is 1. The first-order valence-electron chi connectivity index (χ1n) is 9.00. The van der Waals surface area contributed by atoms with Gasteiger partial charge in [0.05, 0.1) is 11.3 Å². The maximum Gasteiger partial charge on any atom is 0.416 e. The minimum atomic E-state index is -4.65. The molecule has 0 radical (unpaired) electrons. The van der Waals surface area contributed by atoms with Crippen LogP contribution in [0, 0.1) is 12.7 Å². The molecule has 30 heavy (non-hydrogen) atoms. The molecular weight excluding hydrogens is 404 g/mol. The van der Waals surface area contributed by atoms with Gasteiger partial charge < -0.3 is 9.68 Å². The summed E-state index contributed by atoms with van der Waals surface area (Å²) in [4.78, 5) is 21.4. The molecule has 1 aliphatic carbocycles. The molecule has 0 unspecified atom stereocenters. The Hall–Kier alpha value is -3.23. The zero-order chi connectivity index (χ0) is 21.9. The Morgan fingerprint density at radius 2 is 2.00 bits per heavy atom. The molecule has 158 valence electrons. The predicted octanol–water partition coefficient (Wildman–Crippen LogP) is 4.57. The number of oxime groups is 2. The van der Waals surface area contributed by atoms with Crippen molar-refractivity contribution >= 4 is 17.7 Å². The van der Waals surface area contributed by atoms with Gasteiger partial charge in [0.2, 0.25) is 0 Å². The number of halogens is 4. The summed E-state index contributed by atoms with van der Waals surface area (Å²) in [6.07, 6.45) is -3.81. The zero-order valence-corrected chi connectivity index (χ0v) is 16.2. The number of carbonyl (C=O) groups is 1. The Morgan fingerprint density at radius 1 is 1.23 bits per heavy atom. The average molecular weight is 422 g/mol. The van der Waals surface area contributed by atoms with Crippen LogP contribution in [0.2, 0.25) is 0 Å². The number of alkyl halides is 3. The lowest BCUT2D eigenvalue weighted by molar-refractivity contribution is -0.138. The van der Waals surface area contributed by atoms with Crippen molar-refractivity contribution in [3.8, 4) is 0 Å². The van der Waals surface area contributed by atoms with Crippen LogP contribution in [-0.4, -0.2) is 24.8 Å². The number of carbonyl (C=O) groups excluding carboxylic acids is 1. The van der Waals surface area contributed by atoms with Crippen molar-refractivity contribution in [3.63, 3.8) is 0 Å². The molecular formula is C21H18F4N2O3. The van der Waals surface area contributed by atoms with E-state index in [0.717, 1.165) is 11.6 Å². The molecule has 1 aliphatic rings. The molecule has 5 nitrogen and oxygen atoms in total. The van der Waals surface area contributed by atoms with Crippen LogP contribution in [-0.2, 0) is 33.7 Å². The monoisotopic (exact) mass is 422 g/mol. The van der Waals surface area contributed by atoms with Crippen LogP contribution in [0.1, 0.15) is 39.8 Å². The van der Waals surface area contributed by atoms with Crippen molar-refractivity contribution in [1.82, 2.24) is 0 Å². The van der Waals surface area contributed by atoms with Crippen LogP contribution < -0.4 is 0 Å². The predicted molar refractivity (Wildman–Crippen MR) is 102 cm³/mol. The van der Waals surface area contributed by atoms with E-state index in [9.17, 15) is 22.4 Å². The van der Waals surface area contributed by atoms with Crippen LogP contribution in [0.15, 0.2) is 40.6 Å². The molecule has 9 heteroatoms. The van der Waals surface area contributed by atoms with Gasteiger partial charge in [0, 0.05) is 16.7 Å². The highest BCUT2D eigenvalue weighted by Gasteiger charge is 2.37. The molecule has 0 fully saturated rings. The highest BCUT2D eigenvalue weighted by atomic mass is 19.4. The smallest absolute Gasteiger partial charge is 0.399 e. The van der Waals surface area contributed by atoms with E-state index in [2.05, 4.69) is 15.1 Å². The Labute approximate surface area is 170 Å². The zero-order valence-electron chi connectivity index (χ0n) is 16.2. The molecule has 0 aliphatic heterocycles. The van der Waals surface area contributed by atoms with E-state index >= 15 is 0 Å². The fourth-order valence-corrected chi connectivity index (χ4v) is 3.43. The quantitative estimate of drug-likeness (QED) is 0.297. The molecule has 0 saturated carbocycles. The van der Waals surface area contributed by atoms with Gasteiger partial charge in [-0.05, 0) is 43.0 Å². The fourth-order valence-electron chi connectivity index (χ4n) is 3.43. The number of hydrogen-bond acceptors (Lipinski definition) is 5. The first-order valence-corrected chi connectivity index (χ1v) is 9.00. The summed E-state index contributed by atoms with van der Waals surface area (Å²) in [7, 11) is 1.31. The summed E-state index contributed by atoms with van der Waals surface area (Å²) in [6.45, 7) is 1.75. The largest absolute Gasteiger partial charge is 0.416 e. The van der Waals surface area contributed by atoms with E-state index in [4.69, 9.17) is 4.84 Å². The lowest BCUT2D eigenvalue weighted by atomic mass is 9.99. The first kappa shape index (κ1) is 21.5. The van der Waals surface area contributed by atoms with Crippen LogP contribution in [0.4, 0.5) is 17.6 Å². The summed E-state index contributed by atoms with van der Waals surface area (Å²) in [5.74, 6) is -0.983. The van der Waals surface area contributed by atoms with Crippen LogP contribution in [0.5, 0.6) is 0 Å². The molecule has 2 aromatic carbocycles. The highest BCUT2D eigenvalue weighted by Crippen LogP contribution is 2.38. The highest BCUT2D eigenvalue weighted by molar-refractivity contribution is 6.36. The van der Waals surface area contributed by atoms with E-state index in [0.29, 0.717) is 23.5 Å². The van der Waals surface area contributed by atoms with Crippen molar-refractivity contribution < 1.29 is 32.0 Å². The Morgan fingerprint density at radius 3 is 2.67 bits per heavy atom. The Kier molecular flexibility index (Phi) is 6.19. The number of nitrogens with zero attached hydrogens (tertiary/aromatic N) is 2. The van der Waals surface area contributed by atoms with Crippen molar-refractivity contribution in [2.45, 2.75) is 32.5 Å². The molecule has 0 N–H and O–H groups in total. The van der Waals surface area contributed by atoms with Crippen LogP contribution in [0.3, 0.4) is 0 Å². The molecule has 0 heterocycles. The van der Waals surface area contributed by atoms with Gasteiger partial charge in [-0.1, -0.05) is 28.5 Å². The third-order valence-electron chi connectivity index (χ3n) is 4.81. The summed E-state index contributed by atoms with van der Waals surface area (Å²) in [5, 5.41) is 7.64. The van der Waals surface area contributed by atoms with E-state index in [1.807, 2.05) is 0 Å². The molecule has 0 amide bonds. The molecule has 0 aromatic heterocycles. The number of aryl methyl sites for hydroxylation is 1. The average Bonchev–Trinajstić information content (AvgIpc) is 3.08. The third-order valence-corrected chi connectivity index (χ3v) is 4.81. The standard InChI is InChI=1S/C21H18F4N2O3/c1-12-4-3-5-15(20(10-28)26-29-2)17(12)11-30-27-19-7-6-14-16(19)8-13(22)9-18(14)21(23,24)25/h3-5,8-10H,6-7,11H2,1-2H3/b26-20-,27-19+. The van der Waals surface area contributed by atoms with E-state index in [-0.39, 0.29) is 42.0 Å². The van der Waals surface area contributed by atoms with Crippen molar-refractivity contribution in [3.05, 3.63) is 69.5 Å². The minimum Gasteiger partial charge on any atom is -0.399 e. The second-order valence-corrected chi connectivity index (χ2v) is 6.67. The summed E-state index contributed by atoms with van der Waals surface area (Å²) in [6, 6.07) is 6.75. The minimum absolute atomic E-state index is 0.0123. The number of fused-ring (bicyclic) bond motifs is 1. The van der Waals surface area contributed by atoms with Crippen molar-refractivity contribution in [1.29, 1.82) is 0 Å². The van der Waals surface area contributed by atoms with E-state index < -0.39 is 17.6 Å². The second-order valence-electron chi connectivity index (χ2n) is 6.67. The summed E-state index contributed by atoms with van der Waals surface area (Å²) >= 11 is 0. The lowest BCUT2D eigenvalue weighted by Gasteiger charge is -2.12. The summed E-state index contributed by atoms with van der Waals surface area (Å²) in [5.41, 5.74) is 1.34. The topological polar surface area (TPSA) is 60.2 Å². The second kappa shape index (κ2) is 8.64. The van der Waals surface area contributed by atoms with Gasteiger partial charge in [-0.15, -0.1) is 0 Å². The van der Waals surface area contributed by atoms with Gasteiger partial charge in [0.1, 0.15) is 25.2 Å². The number of hydrogen-bond donors (Lipinski definition) is 0. The normalized spacial score (nSPS) is 15.3. The van der Waals surface area contributed by atoms with Gasteiger partial charge in [0.15, 0.2) is 6.29 Å². The number of rotatable bonds is 6.